The first-order valence-corrected chi connectivity index (χ1v) is 14.5. The van der Waals surface area contributed by atoms with Crippen molar-refractivity contribution in [3.8, 4) is 45.5 Å². The lowest BCUT2D eigenvalue weighted by Crippen LogP contribution is -2.42. The Balaban J connectivity index is 1.24. The maximum atomic E-state index is 12.8. The molecule has 0 aliphatic heterocycles. The molecule has 5 rings (SSSR count). The minimum absolute atomic E-state index is 0.0483. The molecule has 5 aromatic rings. The van der Waals surface area contributed by atoms with Gasteiger partial charge in [0.2, 0.25) is 5.82 Å². The third kappa shape index (κ3) is 7.21. The smallest absolute Gasteiger partial charge is 0.326 e. The van der Waals surface area contributed by atoms with Gasteiger partial charge >= 0.3 is 5.97 Å². The molecule has 0 radical (unpaired) electrons. The van der Waals surface area contributed by atoms with Crippen molar-refractivity contribution < 1.29 is 28.7 Å². The Labute approximate surface area is 261 Å². The highest BCUT2D eigenvalue weighted by Gasteiger charge is 2.22. The molecule has 45 heavy (non-hydrogen) atoms. The summed E-state index contributed by atoms with van der Waals surface area (Å²) in [6.07, 6.45) is 0.116. The molecule has 0 spiro atoms. The molecule has 1 aromatic heterocycles. The van der Waals surface area contributed by atoms with Crippen molar-refractivity contribution in [2.24, 2.45) is 0 Å². The quantitative estimate of drug-likeness (QED) is 0.178. The van der Waals surface area contributed by atoms with E-state index in [1.54, 1.807) is 50.6 Å². The van der Waals surface area contributed by atoms with E-state index in [-0.39, 0.29) is 11.8 Å². The summed E-state index contributed by atoms with van der Waals surface area (Å²) in [5.41, 5.74) is 5.64. The number of carbonyl (C=O) groups excluding carboxylic acids is 1. The Morgan fingerprint density at radius 1 is 0.800 bits per heavy atom. The molecule has 9 heteroatoms. The van der Waals surface area contributed by atoms with Crippen LogP contribution in [0, 0.1) is 0 Å². The minimum Gasteiger partial charge on any atom is -0.493 e. The highest BCUT2D eigenvalue weighted by molar-refractivity contribution is 5.96. The maximum absolute atomic E-state index is 12.8. The zero-order chi connectivity index (χ0) is 32.1. The molecule has 1 amide bonds. The largest absolute Gasteiger partial charge is 0.493 e. The van der Waals surface area contributed by atoms with E-state index in [1.807, 2.05) is 54.6 Å². The second-order valence-electron chi connectivity index (χ2n) is 11.7. The summed E-state index contributed by atoms with van der Waals surface area (Å²) in [6, 6.07) is 26.8. The second kappa shape index (κ2) is 13.1. The molecular formula is C36H35N3O6. The number of carboxylic acid groups (broad SMARTS) is 1. The van der Waals surface area contributed by atoms with Crippen LogP contribution >= 0.6 is 0 Å². The van der Waals surface area contributed by atoms with Gasteiger partial charge in [-0.1, -0.05) is 80.5 Å². The lowest BCUT2D eigenvalue weighted by Gasteiger charge is -2.19. The number of ether oxygens (including phenoxy) is 2. The van der Waals surface area contributed by atoms with Crippen LogP contribution in [0.15, 0.2) is 95.5 Å². The van der Waals surface area contributed by atoms with Crippen LogP contribution in [-0.2, 0) is 16.6 Å². The van der Waals surface area contributed by atoms with Gasteiger partial charge in [-0.05, 0) is 64.1 Å². The number of benzene rings is 4. The molecule has 230 valence electrons. The zero-order valence-electron chi connectivity index (χ0n) is 25.8. The average molecular weight is 606 g/mol. The van der Waals surface area contributed by atoms with E-state index < -0.39 is 17.9 Å². The molecular weight excluding hydrogens is 570 g/mol. The van der Waals surface area contributed by atoms with E-state index in [4.69, 9.17) is 14.0 Å². The number of hydrogen-bond acceptors (Lipinski definition) is 7. The number of carbonyl (C=O) groups is 2. The van der Waals surface area contributed by atoms with Gasteiger partial charge in [0.1, 0.15) is 6.04 Å². The first-order chi connectivity index (χ1) is 21.5. The fourth-order valence-electron chi connectivity index (χ4n) is 4.87. The normalized spacial score (nSPS) is 11.9. The minimum atomic E-state index is -1.11. The van der Waals surface area contributed by atoms with Gasteiger partial charge in [-0.2, -0.15) is 4.98 Å². The number of nitrogens with zero attached hydrogens (tertiary/aromatic N) is 2. The van der Waals surface area contributed by atoms with Crippen LogP contribution in [0.25, 0.3) is 34.0 Å². The third-order valence-electron chi connectivity index (χ3n) is 7.54. The Kier molecular flexibility index (Phi) is 8.99. The van der Waals surface area contributed by atoms with Crippen molar-refractivity contribution in [3.05, 3.63) is 108 Å². The van der Waals surface area contributed by atoms with Crippen molar-refractivity contribution >= 4 is 11.9 Å². The summed E-state index contributed by atoms with van der Waals surface area (Å²) in [4.78, 5) is 29.3. The first-order valence-electron chi connectivity index (χ1n) is 14.5. The Hall–Kier alpha value is -5.44. The van der Waals surface area contributed by atoms with Crippen molar-refractivity contribution in [1.29, 1.82) is 0 Å². The van der Waals surface area contributed by atoms with Crippen LogP contribution in [-0.4, -0.2) is 47.4 Å². The standard InChI is InChI=1S/C36H35N3O6/c1-36(2,3)28-17-14-25(15-18-28)33(40)37-29(35(41)42)20-22-6-8-24(9-7-22)32-38-34(45-39-32)26-12-10-23(11-13-26)27-16-19-30(43-4)31(21-27)44-5/h6-19,21,29H,20H2,1-5H3,(H,37,40)(H,41,42)/t29-/m0/s1. The van der Waals surface area contributed by atoms with Gasteiger partial charge in [-0.3, -0.25) is 4.79 Å². The monoisotopic (exact) mass is 605 g/mol. The Morgan fingerprint density at radius 3 is 2.00 bits per heavy atom. The van der Waals surface area contributed by atoms with Gasteiger partial charge in [0.25, 0.3) is 11.8 Å². The van der Waals surface area contributed by atoms with Crippen LogP contribution < -0.4 is 14.8 Å². The van der Waals surface area contributed by atoms with Gasteiger partial charge in [0.05, 0.1) is 14.2 Å². The highest BCUT2D eigenvalue weighted by Crippen LogP contribution is 2.33. The summed E-state index contributed by atoms with van der Waals surface area (Å²) >= 11 is 0. The number of rotatable bonds is 10. The number of carboxylic acids is 1. The summed E-state index contributed by atoms with van der Waals surface area (Å²) in [5, 5.41) is 16.6. The lowest BCUT2D eigenvalue weighted by atomic mass is 9.86. The molecule has 4 aromatic carbocycles. The van der Waals surface area contributed by atoms with Crippen LogP contribution in [0.3, 0.4) is 0 Å². The highest BCUT2D eigenvalue weighted by atomic mass is 16.5. The molecule has 0 fully saturated rings. The summed E-state index contributed by atoms with van der Waals surface area (Å²) in [6.45, 7) is 6.27. The topological polar surface area (TPSA) is 124 Å². The number of methoxy groups -OCH3 is 2. The number of hydrogen-bond donors (Lipinski definition) is 2. The van der Waals surface area contributed by atoms with E-state index in [9.17, 15) is 14.7 Å². The Bertz CT molecular complexity index is 1790. The van der Waals surface area contributed by atoms with Crippen molar-refractivity contribution in [2.45, 2.75) is 38.6 Å². The summed E-state index contributed by atoms with van der Waals surface area (Å²) in [7, 11) is 3.21. The van der Waals surface area contributed by atoms with E-state index >= 15 is 0 Å². The number of aliphatic carboxylic acids is 1. The maximum Gasteiger partial charge on any atom is 0.326 e. The average Bonchev–Trinajstić information content (AvgIpc) is 3.54. The van der Waals surface area contributed by atoms with Crippen molar-refractivity contribution in [2.75, 3.05) is 14.2 Å². The molecule has 0 aliphatic rings. The molecule has 1 heterocycles. The lowest BCUT2D eigenvalue weighted by molar-refractivity contribution is -0.139. The summed E-state index contributed by atoms with van der Waals surface area (Å²) in [5.74, 6) is 0.543. The van der Waals surface area contributed by atoms with Crippen molar-refractivity contribution in [1.82, 2.24) is 15.5 Å². The summed E-state index contributed by atoms with van der Waals surface area (Å²) < 4.78 is 16.3. The fourth-order valence-corrected chi connectivity index (χ4v) is 4.87. The third-order valence-corrected chi connectivity index (χ3v) is 7.54. The molecule has 9 nitrogen and oxygen atoms in total. The van der Waals surface area contributed by atoms with Crippen molar-refractivity contribution in [3.63, 3.8) is 0 Å². The van der Waals surface area contributed by atoms with E-state index in [1.165, 1.54) is 0 Å². The molecule has 1 atom stereocenters. The molecule has 0 saturated carbocycles. The second-order valence-corrected chi connectivity index (χ2v) is 11.7. The number of aromatic nitrogens is 2. The zero-order valence-corrected chi connectivity index (χ0v) is 25.8. The SMILES string of the molecule is COc1ccc(-c2ccc(-c3nc(-c4ccc(C[C@H](NC(=O)c5ccc(C(C)(C)C)cc5)C(=O)O)cc4)no3)cc2)cc1OC. The predicted octanol–water partition coefficient (Wildman–Crippen LogP) is 6.81. The first kappa shape index (κ1) is 31.0. The van der Waals surface area contributed by atoms with Crippen LogP contribution in [0.1, 0.15) is 42.3 Å². The van der Waals surface area contributed by atoms with E-state index in [2.05, 4.69) is 36.2 Å². The van der Waals surface area contributed by atoms with E-state index in [0.717, 1.165) is 27.8 Å². The van der Waals surface area contributed by atoms with Gasteiger partial charge in [-0.15, -0.1) is 0 Å². The van der Waals surface area contributed by atoms with Gasteiger partial charge < -0.3 is 24.4 Å². The number of amides is 1. The van der Waals surface area contributed by atoms with E-state index in [0.29, 0.717) is 34.3 Å². The predicted molar refractivity (Wildman–Crippen MR) is 171 cm³/mol. The van der Waals surface area contributed by atoms with Crippen LogP contribution in [0.4, 0.5) is 0 Å². The van der Waals surface area contributed by atoms with Gasteiger partial charge in [0.15, 0.2) is 11.5 Å². The molecule has 0 bridgehead atoms. The molecule has 0 aliphatic carbocycles. The Morgan fingerprint density at radius 2 is 1.40 bits per heavy atom. The van der Waals surface area contributed by atoms with Gasteiger partial charge in [0, 0.05) is 23.1 Å². The van der Waals surface area contributed by atoms with Gasteiger partial charge in [-0.25, -0.2) is 4.79 Å². The molecule has 2 N–H and O–H groups in total. The van der Waals surface area contributed by atoms with Crippen LogP contribution in [0.2, 0.25) is 0 Å². The number of nitrogens with one attached hydrogen (secondary N) is 1. The fraction of sp³-hybridized carbons (Fsp3) is 0.222. The van der Waals surface area contributed by atoms with Crippen LogP contribution in [0.5, 0.6) is 11.5 Å². The molecule has 0 saturated heterocycles. The molecule has 0 unspecified atom stereocenters.